The summed E-state index contributed by atoms with van der Waals surface area (Å²) in [5.41, 5.74) is -0.365. The summed E-state index contributed by atoms with van der Waals surface area (Å²) in [7, 11) is 0. The number of hydrogen-bond donors (Lipinski definition) is 3. The molecule has 3 N–H and O–H groups in total. The molecular weight excluding hydrogens is 250 g/mol. The number of nitrogens with one attached hydrogen (secondary N) is 2. The molecule has 0 bridgehead atoms. The van der Waals surface area contributed by atoms with Gasteiger partial charge in [0, 0.05) is 13.2 Å². The Morgan fingerprint density at radius 2 is 2.26 bits per heavy atom. The first-order valence-electron chi connectivity index (χ1n) is 6.14. The molecule has 0 radical (unpaired) electrons. The molecule has 0 spiro atoms. The van der Waals surface area contributed by atoms with E-state index in [4.69, 9.17) is 4.74 Å². The monoisotopic (exact) mass is 265 g/mol. The van der Waals surface area contributed by atoms with Crippen LogP contribution in [-0.2, 0) is 4.74 Å². The Bertz CT molecular complexity index is 629. The van der Waals surface area contributed by atoms with Gasteiger partial charge in [-0.15, -0.1) is 5.10 Å². The SMILES string of the molecule is O=c1[nH]nc2ccc(NC3(CO)CCOCC3)nn12. The van der Waals surface area contributed by atoms with Crippen molar-refractivity contribution in [3.05, 3.63) is 22.6 Å². The van der Waals surface area contributed by atoms with Crippen LogP contribution in [0.2, 0.25) is 0 Å². The quantitative estimate of drug-likeness (QED) is 0.682. The van der Waals surface area contributed by atoms with Gasteiger partial charge in [-0.3, -0.25) is 0 Å². The van der Waals surface area contributed by atoms with Crippen LogP contribution in [0.5, 0.6) is 0 Å². The molecular formula is C11H15N5O3. The Balaban J connectivity index is 1.91. The lowest BCUT2D eigenvalue weighted by molar-refractivity contribution is 0.0378. The molecule has 8 heteroatoms. The number of H-pyrrole nitrogens is 1. The smallest absolute Gasteiger partial charge is 0.364 e. The Hall–Kier alpha value is -1.93. The molecule has 3 rings (SSSR count). The fourth-order valence-electron chi connectivity index (χ4n) is 2.23. The normalized spacial score (nSPS) is 18.6. The highest BCUT2D eigenvalue weighted by molar-refractivity contribution is 5.44. The number of aromatic amines is 1. The molecule has 0 unspecified atom stereocenters. The number of aliphatic hydroxyl groups is 1. The number of nitrogens with zero attached hydrogens (tertiary/aromatic N) is 3. The standard InChI is InChI=1S/C11H15N5O3/c17-7-11(3-5-19-6-4-11)12-8-1-2-9-13-14-10(18)16(9)15-8/h1-2,17H,3-7H2,(H,12,15)(H,14,18). The highest BCUT2D eigenvalue weighted by Crippen LogP contribution is 2.24. The fraction of sp³-hybridized carbons (Fsp3) is 0.545. The van der Waals surface area contributed by atoms with Crippen molar-refractivity contribution >= 4 is 11.5 Å². The van der Waals surface area contributed by atoms with Crippen molar-refractivity contribution in [2.75, 3.05) is 25.1 Å². The van der Waals surface area contributed by atoms with Crippen molar-refractivity contribution in [1.82, 2.24) is 19.8 Å². The van der Waals surface area contributed by atoms with Crippen LogP contribution in [-0.4, -0.2) is 50.3 Å². The molecule has 1 saturated heterocycles. The van der Waals surface area contributed by atoms with Crippen LogP contribution in [0.4, 0.5) is 5.82 Å². The number of rotatable bonds is 3. The van der Waals surface area contributed by atoms with E-state index >= 15 is 0 Å². The molecule has 2 aromatic rings. The molecule has 2 aromatic heterocycles. The number of ether oxygens (including phenoxy) is 1. The third-order valence-corrected chi connectivity index (χ3v) is 3.42. The van der Waals surface area contributed by atoms with Gasteiger partial charge in [0.2, 0.25) is 0 Å². The van der Waals surface area contributed by atoms with Crippen LogP contribution < -0.4 is 11.0 Å². The van der Waals surface area contributed by atoms with Gasteiger partial charge in [0.1, 0.15) is 5.82 Å². The highest BCUT2D eigenvalue weighted by atomic mass is 16.5. The van der Waals surface area contributed by atoms with Crippen LogP contribution in [0.15, 0.2) is 16.9 Å². The minimum absolute atomic E-state index is 0.00361. The second-order valence-electron chi connectivity index (χ2n) is 4.69. The number of aromatic nitrogens is 4. The van der Waals surface area contributed by atoms with E-state index in [9.17, 15) is 9.90 Å². The molecule has 0 amide bonds. The second-order valence-corrected chi connectivity index (χ2v) is 4.69. The van der Waals surface area contributed by atoms with E-state index in [1.165, 1.54) is 4.52 Å². The van der Waals surface area contributed by atoms with E-state index in [1.54, 1.807) is 12.1 Å². The molecule has 1 aliphatic rings. The Morgan fingerprint density at radius 1 is 1.47 bits per heavy atom. The lowest BCUT2D eigenvalue weighted by Gasteiger charge is -2.36. The van der Waals surface area contributed by atoms with Crippen molar-refractivity contribution in [1.29, 1.82) is 0 Å². The van der Waals surface area contributed by atoms with E-state index in [0.717, 1.165) is 0 Å². The maximum Gasteiger partial charge on any atom is 0.364 e. The van der Waals surface area contributed by atoms with Crippen LogP contribution in [0, 0.1) is 0 Å². The Morgan fingerprint density at radius 3 is 3.00 bits per heavy atom. The average Bonchev–Trinajstić information content (AvgIpc) is 2.81. The first kappa shape index (κ1) is 12.1. The Kier molecular flexibility index (Phi) is 2.96. The molecule has 0 atom stereocenters. The maximum atomic E-state index is 11.5. The summed E-state index contributed by atoms with van der Waals surface area (Å²) in [6, 6.07) is 3.43. The first-order valence-corrected chi connectivity index (χ1v) is 6.14. The summed E-state index contributed by atoms with van der Waals surface area (Å²) in [5, 5.41) is 23.1. The lowest BCUT2D eigenvalue weighted by Crippen LogP contribution is -2.47. The molecule has 0 aromatic carbocycles. The van der Waals surface area contributed by atoms with Gasteiger partial charge in [0.05, 0.1) is 12.1 Å². The molecule has 3 heterocycles. The minimum atomic E-state index is -0.438. The molecule has 102 valence electrons. The number of aliphatic hydroxyl groups excluding tert-OH is 1. The number of fused-ring (bicyclic) bond motifs is 1. The fourth-order valence-corrected chi connectivity index (χ4v) is 2.23. The summed E-state index contributed by atoms with van der Waals surface area (Å²) in [4.78, 5) is 11.5. The zero-order chi connectivity index (χ0) is 13.3. The predicted molar refractivity (Wildman–Crippen MR) is 67.1 cm³/mol. The summed E-state index contributed by atoms with van der Waals surface area (Å²) in [6.45, 7) is 1.19. The van der Waals surface area contributed by atoms with E-state index in [1.807, 2.05) is 0 Å². The van der Waals surface area contributed by atoms with Crippen LogP contribution >= 0.6 is 0 Å². The maximum absolute atomic E-state index is 11.5. The van der Waals surface area contributed by atoms with Gasteiger partial charge in [-0.2, -0.15) is 9.61 Å². The Labute approximate surface area is 108 Å². The lowest BCUT2D eigenvalue weighted by atomic mass is 9.91. The van der Waals surface area contributed by atoms with E-state index in [0.29, 0.717) is 37.5 Å². The van der Waals surface area contributed by atoms with Crippen LogP contribution in [0.3, 0.4) is 0 Å². The van der Waals surface area contributed by atoms with Crippen molar-refractivity contribution < 1.29 is 9.84 Å². The summed E-state index contributed by atoms with van der Waals surface area (Å²) < 4.78 is 6.49. The van der Waals surface area contributed by atoms with Crippen LogP contribution in [0.1, 0.15) is 12.8 Å². The third-order valence-electron chi connectivity index (χ3n) is 3.42. The van der Waals surface area contributed by atoms with Gasteiger partial charge in [0.15, 0.2) is 5.65 Å². The summed E-state index contributed by atoms with van der Waals surface area (Å²) in [6.07, 6.45) is 1.40. The first-order chi connectivity index (χ1) is 9.22. The van der Waals surface area contributed by atoms with Gasteiger partial charge in [-0.05, 0) is 25.0 Å². The zero-order valence-corrected chi connectivity index (χ0v) is 10.3. The van der Waals surface area contributed by atoms with Crippen molar-refractivity contribution in [3.63, 3.8) is 0 Å². The second kappa shape index (κ2) is 4.63. The van der Waals surface area contributed by atoms with Gasteiger partial charge in [0.25, 0.3) is 0 Å². The zero-order valence-electron chi connectivity index (χ0n) is 10.3. The number of anilines is 1. The molecule has 1 aliphatic heterocycles. The van der Waals surface area contributed by atoms with Crippen molar-refractivity contribution in [2.24, 2.45) is 0 Å². The van der Waals surface area contributed by atoms with Crippen LogP contribution in [0.25, 0.3) is 5.65 Å². The van der Waals surface area contributed by atoms with E-state index in [-0.39, 0.29) is 12.3 Å². The van der Waals surface area contributed by atoms with Gasteiger partial charge >= 0.3 is 5.69 Å². The molecule has 1 fully saturated rings. The van der Waals surface area contributed by atoms with Crippen molar-refractivity contribution in [3.8, 4) is 0 Å². The predicted octanol–water partition coefficient (Wildman–Crippen LogP) is -0.629. The average molecular weight is 265 g/mol. The summed E-state index contributed by atoms with van der Waals surface area (Å²) in [5.74, 6) is 0.534. The van der Waals surface area contributed by atoms with E-state index < -0.39 is 5.54 Å². The largest absolute Gasteiger partial charge is 0.394 e. The number of hydrogen-bond acceptors (Lipinski definition) is 6. The van der Waals surface area contributed by atoms with E-state index in [2.05, 4.69) is 20.6 Å². The molecule has 19 heavy (non-hydrogen) atoms. The molecule has 8 nitrogen and oxygen atoms in total. The minimum Gasteiger partial charge on any atom is -0.394 e. The summed E-state index contributed by atoms with van der Waals surface area (Å²) >= 11 is 0. The topological polar surface area (TPSA) is 105 Å². The molecule has 0 saturated carbocycles. The van der Waals surface area contributed by atoms with Gasteiger partial charge in [-0.25, -0.2) is 9.89 Å². The molecule has 0 aliphatic carbocycles. The third kappa shape index (κ3) is 2.20. The van der Waals surface area contributed by atoms with Gasteiger partial charge in [-0.1, -0.05) is 0 Å². The van der Waals surface area contributed by atoms with Crippen molar-refractivity contribution in [2.45, 2.75) is 18.4 Å². The highest BCUT2D eigenvalue weighted by Gasteiger charge is 2.32. The van der Waals surface area contributed by atoms with Gasteiger partial charge < -0.3 is 15.2 Å².